The van der Waals surface area contributed by atoms with Crippen LogP contribution in [0.1, 0.15) is 23.6 Å². The van der Waals surface area contributed by atoms with E-state index in [0.717, 1.165) is 60.5 Å². The fraction of sp³-hybridized carbons (Fsp3) is 0.111. The van der Waals surface area contributed by atoms with Crippen LogP contribution in [0.3, 0.4) is 0 Å². The summed E-state index contributed by atoms with van der Waals surface area (Å²) in [6.45, 7) is 4.76. The largest absolute Gasteiger partial charge is 0.497 e. The third-order valence-electron chi connectivity index (χ3n) is 6.66. The number of rotatable bonds is 9. The van der Waals surface area contributed by atoms with E-state index in [1.54, 1.807) is 11.8 Å². The fourth-order valence-electron chi connectivity index (χ4n) is 4.65. The van der Waals surface area contributed by atoms with Crippen LogP contribution < -0.4 is 0 Å². The molecule has 0 radical (unpaired) electrons. The molecule has 0 aliphatic heterocycles. The first-order valence-electron chi connectivity index (χ1n) is 13.3. The Morgan fingerprint density at radius 2 is 1.07 bits per heavy atom. The van der Waals surface area contributed by atoms with Crippen LogP contribution in [0, 0.1) is 6.92 Å². The number of ether oxygens (including phenoxy) is 1. The molecule has 5 aromatic carbocycles. The van der Waals surface area contributed by atoms with Crippen LogP contribution >= 0.6 is 35.0 Å². The molecule has 5 aromatic rings. The monoisotopic (exact) mass is 580 g/mol. The molecule has 0 aromatic heterocycles. The van der Waals surface area contributed by atoms with Crippen molar-refractivity contribution >= 4 is 40.5 Å². The second-order valence-corrected chi connectivity index (χ2v) is 11.4. The van der Waals surface area contributed by atoms with Crippen molar-refractivity contribution in [2.75, 3.05) is 12.4 Å². The Kier molecular flexibility index (Phi) is 9.34. The molecule has 40 heavy (non-hydrogen) atoms. The van der Waals surface area contributed by atoms with Crippen molar-refractivity contribution in [3.8, 4) is 22.3 Å². The lowest BCUT2D eigenvalue weighted by molar-refractivity contribution is 0.235. The van der Waals surface area contributed by atoms with Gasteiger partial charge in [0.15, 0.2) is 0 Å². The van der Waals surface area contributed by atoms with E-state index in [2.05, 4.69) is 79.7 Å². The van der Waals surface area contributed by atoms with Crippen LogP contribution in [-0.2, 0) is 4.74 Å². The molecule has 0 bridgehead atoms. The summed E-state index contributed by atoms with van der Waals surface area (Å²) in [6, 6.07) is 41.9. The number of halogens is 2. The van der Waals surface area contributed by atoms with Gasteiger partial charge in [-0.15, -0.1) is 11.8 Å². The van der Waals surface area contributed by atoms with Gasteiger partial charge in [-0.25, -0.2) is 0 Å². The summed E-state index contributed by atoms with van der Waals surface area (Å²) < 4.78 is 6.35. The lowest BCUT2D eigenvalue weighted by atomic mass is 9.93. The zero-order valence-corrected chi connectivity index (χ0v) is 24.9. The van der Waals surface area contributed by atoms with Crippen molar-refractivity contribution in [2.24, 2.45) is 0 Å². The summed E-state index contributed by atoms with van der Waals surface area (Å²) in [5.74, 6) is 1.69. The van der Waals surface area contributed by atoms with Crippen LogP contribution in [0.4, 0.5) is 0 Å². The Bertz CT molecular complexity index is 1500. The van der Waals surface area contributed by atoms with Gasteiger partial charge in [-0.1, -0.05) is 114 Å². The summed E-state index contributed by atoms with van der Waals surface area (Å²) in [6.07, 6.45) is 0. The summed E-state index contributed by atoms with van der Waals surface area (Å²) in [4.78, 5) is 1.23. The second kappa shape index (κ2) is 13.3. The van der Waals surface area contributed by atoms with Crippen LogP contribution in [0.2, 0.25) is 10.0 Å². The highest BCUT2D eigenvalue weighted by atomic mass is 35.5. The highest BCUT2D eigenvalue weighted by molar-refractivity contribution is 7.99. The summed E-state index contributed by atoms with van der Waals surface area (Å²) in [7, 11) is 0. The van der Waals surface area contributed by atoms with Crippen LogP contribution in [-0.4, -0.2) is 12.4 Å². The van der Waals surface area contributed by atoms with Crippen molar-refractivity contribution in [3.63, 3.8) is 0 Å². The zero-order valence-electron chi connectivity index (χ0n) is 22.5. The first kappa shape index (κ1) is 28.1. The fourth-order valence-corrected chi connectivity index (χ4v) is 5.87. The molecule has 0 N–H and O–H groups in total. The molecular weight excluding hydrogens is 551 g/mol. The van der Waals surface area contributed by atoms with Gasteiger partial charge >= 0.3 is 0 Å². The minimum absolute atomic E-state index is 0.596. The Morgan fingerprint density at radius 1 is 0.625 bits per heavy atom. The highest BCUT2D eigenvalue weighted by Crippen LogP contribution is 2.34. The number of aryl methyl sites for hydroxylation is 1. The molecule has 0 saturated heterocycles. The van der Waals surface area contributed by atoms with E-state index in [1.807, 2.05) is 55.5 Å². The van der Waals surface area contributed by atoms with Gasteiger partial charge in [0.05, 0.1) is 12.4 Å². The Labute approximate surface area is 251 Å². The zero-order chi connectivity index (χ0) is 27.9. The average molecular weight is 582 g/mol. The summed E-state index contributed by atoms with van der Waals surface area (Å²) >= 11 is 14.0. The molecule has 0 saturated carbocycles. The van der Waals surface area contributed by atoms with E-state index in [0.29, 0.717) is 6.61 Å². The molecule has 0 unspecified atom stereocenters. The van der Waals surface area contributed by atoms with Gasteiger partial charge in [-0.2, -0.15) is 0 Å². The number of thioether (sulfide) groups is 1. The number of hydrogen-bond acceptors (Lipinski definition) is 2. The van der Waals surface area contributed by atoms with Gasteiger partial charge in [0, 0.05) is 20.5 Å². The molecule has 0 fully saturated rings. The first-order valence-corrected chi connectivity index (χ1v) is 15.0. The standard InChI is InChI=1S/C36H30Cl2OS/c1-3-39-35(24-40-34-6-4-5-25(2)23-34)36(30-11-7-26(8-12-30)28-15-19-32(37)20-16-28)31-13-9-27(10-14-31)29-17-21-33(38)22-18-29/h4-23H,3,24H2,1-2H3. The molecule has 0 amide bonds. The van der Waals surface area contributed by atoms with E-state index in [4.69, 9.17) is 27.9 Å². The molecule has 0 aliphatic rings. The van der Waals surface area contributed by atoms with Gasteiger partial charge in [0.2, 0.25) is 0 Å². The van der Waals surface area contributed by atoms with Crippen molar-refractivity contribution in [1.29, 1.82) is 0 Å². The highest BCUT2D eigenvalue weighted by Gasteiger charge is 2.15. The number of benzene rings is 5. The van der Waals surface area contributed by atoms with E-state index in [9.17, 15) is 0 Å². The molecule has 4 heteroatoms. The van der Waals surface area contributed by atoms with Crippen molar-refractivity contribution in [3.05, 3.63) is 154 Å². The molecular formula is C36H30Cl2OS. The maximum absolute atomic E-state index is 6.35. The SMILES string of the molecule is CCOC(CSc1cccc(C)c1)=C(c1ccc(-c2ccc(Cl)cc2)cc1)c1ccc(-c2ccc(Cl)cc2)cc1. The topological polar surface area (TPSA) is 9.23 Å². The first-order chi connectivity index (χ1) is 19.5. The molecule has 1 nitrogen and oxygen atoms in total. The third-order valence-corrected chi connectivity index (χ3v) is 8.16. The molecule has 0 spiro atoms. The van der Waals surface area contributed by atoms with Crippen LogP contribution in [0.5, 0.6) is 0 Å². The lowest BCUT2D eigenvalue weighted by Gasteiger charge is -2.18. The van der Waals surface area contributed by atoms with E-state index in [1.165, 1.54) is 10.5 Å². The third kappa shape index (κ3) is 7.01. The van der Waals surface area contributed by atoms with Crippen molar-refractivity contribution < 1.29 is 4.74 Å². The smallest absolute Gasteiger partial charge is 0.115 e. The van der Waals surface area contributed by atoms with E-state index < -0.39 is 0 Å². The summed E-state index contributed by atoms with van der Waals surface area (Å²) in [5, 5.41) is 1.47. The predicted molar refractivity (Wildman–Crippen MR) is 173 cm³/mol. The summed E-state index contributed by atoms with van der Waals surface area (Å²) in [5.41, 5.74) is 9.14. The molecule has 0 heterocycles. The van der Waals surface area contributed by atoms with Crippen LogP contribution in [0.15, 0.2) is 132 Å². The minimum Gasteiger partial charge on any atom is -0.497 e. The van der Waals surface area contributed by atoms with Crippen molar-refractivity contribution in [1.82, 2.24) is 0 Å². The quantitative estimate of drug-likeness (QED) is 0.126. The second-order valence-electron chi connectivity index (χ2n) is 9.50. The van der Waals surface area contributed by atoms with Gasteiger partial charge in [0.25, 0.3) is 0 Å². The Morgan fingerprint density at radius 3 is 1.50 bits per heavy atom. The normalized spacial score (nSPS) is 10.8. The van der Waals surface area contributed by atoms with Gasteiger partial charge < -0.3 is 4.74 Å². The van der Waals surface area contributed by atoms with Crippen LogP contribution in [0.25, 0.3) is 27.8 Å². The van der Waals surface area contributed by atoms with Crippen molar-refractivity contribution in [2.45, 2.75) is 18.7 Å². The molecule has 200 valence electrons. The Hall–Kier alpha value is -3.43. The van der Waals surface area contributed by atoms with Gasteiger partial charge in [-0.05, 0) is 83.6 Å². The molecule has 5 rings (SSSR count). The van der Waals surface area contributed by atoms with Gasteiger partial charge in [0.1, 0.15) is 5.76 Å². The Balaban J connectivity index is 1.55. The maximum atomic E-state index is 6.35. The number of hydrogen-bond donors (Lipinski definition) is 0. The molecule has 0 aliphatic carbocycles. The predicted octanol–water partition coefficient (Wildman–Crippen LogP) is 11.2. The lowest BCUT2D eigenvalue weighted by Crippen LogP contribution is -2.02. The van der Waals surface area contributed by atoms with E-state index >= 15 is 0 Å². The van der Waals surface area contributed by atoms with E-state index in [-0.39, 0.29) is 0 Å². The maximum Gasteiger partial charge on any atom is 0.115 e. The van der Waals surface area contributed by atoms with Gasteiger partial charge in [-0.3, -0.25) is 0 Å². The average Bonchev–Trinajstić information content (AvgIpc) is 2.98. The minimum atomic E-state index is 0.596. The molecule has 0 atom stereocenters.